The summed E-state index contributed by atoms with van der Waals surface area (Å²) >= 11 is 7.53. The normalized spacial score (nSPS) is 15.0. The van der Waals surface area contributed by atoms with Gasteiger partial charge in [-0.25, -0.2) is 4.79 Å². The van der Waals surface area contributed by atoms with Gasteiger partial charge in [-0.15, -0.1) is 11.8 Å². The second-order valence-corrected chi connectivity index (χ2v) is 5.85. The Morgan fingerprint density at radius 1 is 1.43 bits per heavy atom. The van der Waals surface area contributed by atoms with E-state index in [1.54, 1.807) is 11.8 Å². The lowest BCUT2D eigenvalue weighted by Crippen LogP contribution is -2.12. The van der Waals surface area contributed by atoms with Crippen LogP contribution >= 0.6 is 23.4 Å². The molecule has 0 aliphatic carbocycles. The van der Waals surface area contributed by atoms with E-state index >= 15 is 0 Å². The molecule has 1 heterocycles. The third-order valence-corrected chi connectivity index (χ3v) is 4.29. The first kappa shape index (κ1) is 15.8. The van der Waals surface area contributed by atoms with Crippen LogP contribution in [0.2, 0.25) is 5.02 Å². The fourth-order valence-electron chi connectivity index (χ4n) is 2.02. The van der Waals surface area contributed by atoms with Crippen LogP contribution in [-0.4, -0.2) is 26.1 Å². The van der Waals surface area contributed by atoms with Crippen molar-refractivity contribution in [3.8, 4) is 0 Å². The van der Waals surface area contributed by atoms with Crippen molar-refractivity contribution in [3.63, 3.8) is 0 Å². The molecule has 0 saturated carbocycles. The lowest BCUT2D eigenvalue weighted by atomic mass is 10.2. The summed E-state index contributed by atoms with van der Waals surface area (Å²) in [5, 5.41) is 0.710. The zero-order valence-corrected chi connectivity index (χ0v) is 13.6. The fourth-order valence-corrected chi connectivity index (χ4v) is 3.22. The number of benzene rings is 1. The van der Waals surface area contributed by atoms with Gasteiger partial charge in [-0.3, -0.25) is 0 Å². The van der Waals surface area contributed by atoms with Crippen molar-refractivity contribution in [2.45, 2.75) is 6.92 Å². The Bertz CT molecular complexity index is 613. The zero-order valence-electron chi connectivity index (χ0n) is 12.1. The van der Waals surface area contributed by atoms with Crippen molar-refractivity contribution >= 4 is 35.0 Å². The number of nitrogens with zero attached hydrogens (tertiary/aromatic N) is 1. The molecule has 0 radical (unpaired) electrons. The van der Waals surface area contributed by atoms with Gasteiger partial charge in [0, 0.05) is 21.8 Å². The number of rotatable bonds is 4. The highest BCUT2D eigenvalue weighted by atomic mass is 35.5. The fraction of sp³-hybridized carbons (Fsp3) is 0.267. The van der Waals surface area contributed by atoms with Gasteiger partial charge in [0.1, 0.15) is 5.57 Å². The van der Waals surface area contributed by atoms with Crippen LogP contribution in [0.15, 0.2) is 41.1 Å². The van der Waals surface area contributed by atoms with E-state index in [2.05, 4.69) is 4.90 Å². The maximum absolute atomic E-state index is 11.8. The Hall–Kier alpha value is -1.59. The molecule has 1 aliphatic heterocycles. The topological polar surface area (TPSA) is 38.8 Å². The summed E-state index contributed by atoms with van der Waals surface area (Å²) < 4.78 is 9.75. The minimum Gasteiger partial charge on any atom is -0.503 e. The standard InChI is InChI=1S/C15H16ClNO3S/c1-10-6-11(16)4-5-13(10)17-7-14(21-9-17)12(8-19-2)15(18)20-3/h4-8H,9H2,1-3H3. The SMILES string of the molecule is COC=C(C(=O)OC)C1=CN(c2ccc(Cl)cc2C)CS1. The second-order valence-electron chi connectivity index (χ2n) is 4.43. The van der Waals surface area contributed by atoms with Crippen LogP contribution in [0.4, 0.5) is 5.69 Å². The van der Waals surface area contributed by atoms with Crippen LogP contribution < -0.4 is 4.90 Å². The molecule has 0 spiro atoms. The first-order valence-corrected chi connectivity index (χ1v) is 7.62. The molecule has 0 amide bonds. The molecule has 4 nitrogen and oxygen atoms in total. The third kappa shape index (κ3) is 3.54. The Labute approximate surface area is 133 Å². The van der Waals surface area contributed by atoms with Crippen molar-refractivity contribution < 1.29 is 14.3 Å². The predicted octanol–water partition coefficient (Wildman–Crippen LogP) is 3.70. The smallest absolute Gasteiger partial charge is 0.342 e. The Kier molecular flexibility index (Phi) is 5.20. The van der Waals surface area contributed by atoms with E-state index in [0.717, 1.165) is 22.0 Å². The quantitative estimate of drug-likeness (QED) is 0.479. The molecule has 0 N–H and O–H groups in total. The maximum Gasteiger partial charge on any atom is 0.342 e. The Morgan fingerprint density at radius 3 is 2.81 bits per heavy atom. The zero-order chi connectivity index (χ0) is 15.4. The van der Waals surface area contributed by atoms with E-state index in [0.29, 0.717) is 10.6 Å². The average Bonchev–Trinajstić information content (AvgIpc) is 2.93. The van der Waals surface area contributed by atoms with Crippen molar-refractivity contribution in [1.82, 2.24) is 0 Å². The molecule has 112 valence electrons. The number of thioether (sulfide) groups is 1. The van der Waals surface area contributed by atoms with Crippen LogP contribution in [0.3, 0.4) is 0 Å². The highest BCUT2D eigenvalue weighted by molar-refractivity contribution is 8.03. The lowest BCUT2D eigenvalue weighted by Gasteiger charge is -2.17. The summed E-state index contributed by atoms with van der Waals surface area (Å²) in [4.78, 5) is 14.7. The number of carbonyl (C=O) groups excluding carboxylic acids is 1. The number of ether oxygens (including phenoxy) is 2. The largest absolute Gasteiger partial charge is 0.503 e. The highest BCUT2D eigenvalue weighted by Gasteiger charge is 2.23. The van der Waals surface area contributed by atoms with Gasteiger partial charge in [-0.05, 0) is 30.7 Å². The number of hydrogen-bond acceptors (Lipinski definition) is 5. The number of aryl methyl sites for hydroxylation is 1. The summed E-state index contributed by atoms with van der Waals surface area (Å²) in [5.41, 5.74) is 2.55. The molecule has 1 aliphatic rings. The molecule has 0 aromatic heterocycles. The van der Waals surface area contributed by atoms with Gasteiger partial charge in [0.05, 0.1) is 26.4 Å². The molecule has 1 aromatic rings. The van der Waals surface area contributed by atoms with E-state index in [1.807, 2.05) is 31.3 Å². The van der Waals surface area contributed by atoms with Gasteiger partial charge in [0.2, 0.25) is 0 Å². The molecule has 0 fully saturated rings. The monoisotopic (exact) mass is 325 g/mol. The number of halogens is 1. The summed E-state index contributed by atoms with van der Waals surface area (Å²) in [7, 11) is 2.86. The number of carbonyl (C=O) groups is 1. The Balaban J connectivity index is 2.29. The number of anilines is 1. The first-order chi connectivity index (χ1) is 10.1. The van der Waals surface area contributed by atoms with Crippen molar-refractivity contribution in [1.29, 1.82) is 0 Å². The summed E-state index contributed by atoms with van der Waals surface area (Å²) in [5.74, 6) is 0.306. The molecule has 21 heavy (non-hydrogen) atoms. The van der Waals surface area contributed by atoms with Crippen LogP contribution in [0.5, 0.6) is 0 Å². The molecular weight excluding hydrogens is 310 g/mol. The maximum atomic E-state index is 11.8. The average molecular weight is 326 g/mol. The van der Waals surface area contributed by atoms with Gasteiger partial charge >= 0.3 is 5.97 Å². The molecule has 2 rings (SSSR count). The second kappa shape index (κ2) is 6.91. The summed E-state index contributed by atoms with van der Waals surface area (Å²) in [6.07, 6.45) is 3.32. The van der Waals surface area contributed by atoms with Gasteiger partial charge in [-0.1, -0.05) is 11.6 Å². The van der Waals surface area contributed by atoms with Crippen LogP contribution in [0.1, 0.15) is 5.56 Å². The Morgan fingerprint density at radius 2 is 2.19 bits per heavy atom. The number of hydrogen-bond donors (Lipinski definition) is 0. The molecule has 0 atom stereocenters. The van der Waals surface area contributed by atoms with E-state index in [1.165, 1.54) is 20.5 Å². The highest BCUT2D eigenvalue weighted by Crippen LogP contribution is 2.36. The molecule has 6 heteroatoms. The number of methoxy groups -OCH3 is 2. The minimum absolute atomic E-state index is 0.412. The lowest BCUT2D eigenvalue weighted by molar-refractivity contribution is -0.135. The summed E-state index contributed by atoms with van der Waals surface area (Å²) in [6, 6.07) is 5.74. The van der Waals surface area contributed by atoms with Crippen molar-refractivity contribution in [2.75, 3.05) is 25.0 Å². The van der Waals surface area contributed by atoms with Crippen LogP contribution in [0.25, 0.3) is 0 Å². The molecule has 1 aromatic carbocycles. The summed E-state index contributed by atoms with van der Waals surface area (Å²) in [6.45, 7) is 2.00. The predicted molar refractivity (Wildman–Crippen MR) is 86.3 cm³/mol. The van der Waals surface area contributed by atoms with Gasteiger partial charge < -0.3 is 14.4 Å². The van der Waals surface area contributed by atoms with Crippen molar-refractivity contribution in [2.24, 2.45) is 0 Å². The van der Waals surface area contributed by atoms with Gasteiger partial charge in [-0.2, -0.15) is 0 Å². The van der Waals surface area contributed by atoms with E-state index < -0.39 is 5.97 Å². The first-order valence-electron chi connectivity index (χ1n) is 6.26. The minimum atomic E-state index is -0.412. The van der Waals surface area contributed by atoms with E-state index in [4.69, 9.17) is 21.1 Å². The van der Waals surface area contributed by atoms with Crippen LogP contribution in [0, 0.1) is 6.92 Å². The number of esters is 1. The third-order valence-electron chi connectivity index (χ3n) is 3.01. The molecule has 0 bridgehead atoms. The van der Waals surface area contributed by atoms with Crippen LogP contribution in [-0.2, 0) is 14.3 Å². The molecule has 0 unspecified atom stereocenters. The molecule has 0 saturated heterocycles. The van der Waals surface area contributed by atoms with E-state index in [9.17, 15) is 4.79 Å². The van der Waals surface area contributed by atoms with Gasteiger partial charge in [0.25, 0.3) is 0 Å². The van der Waals surface area contributed by atoms with E-state index in [-0.39, 0.29) is 0 Å². The molecular formula is C15H16ClNO3S. The van der Waals surface area contributed by atoms with Crippen molar-refractivity contribution in [3.05, 3.63) is 51.7 Å². The van der Waals surface area contributed by atoms with Gasteiger partial charge in [0.15, 0.2) is 0 Å².